The minimum absolute atomic E-state index is 0.0190. The van der Waals surface area contributed by atoms with Crippen LogP contribution in [-0.2, 0) is 16.6 Å². The predicted octanol–water partition coefficient (Wildman–Crippen LogP) is 4.02. The van der Waals surface area contributed by atoms with E-state index in [1.807, 2.05) is 17.5 Å². The number of nitrogens with zero attached hydrogens (tertiary/aromatic N) is 4. The van der Waals surface area contributed by atoms with Crippen LogP contribution in [0.25, 0.3) is 5.78 Å². The Morgan fingerprint density at radius 2 is 1.97 bits per heavy atom. The fourth-order valence-corrected chi connectivity index (χ4v) is 4.57. The third kappa shape index (κ3) is 4.36. The lowest BCUT2D eigenvalue weighted by Gasteiger charge is -2.16. The molecular formula is C23H29N5OS. The van der Waals surface area contributed by atoms with E-state index in [9.17, 15) is 4.79 Å². The Morgan fingerprint density at radius 1 is 1.20 bits per heavy atom. The van der Waals surface area contributed by atoms with Gasteiger partial charge in [-0.2, -0.15) is 4.98 Å². The molecule has 1 aliphatic carbocycles. The van der Waals surface area contributed by atoms with Crippen LogP contribution in [0.3, 0.4) is 0 Å². The van der Waals surface area contributed by atoms with Crippen molar-refractivity contribution in [1.29, 1.82) is 0 Å². The Balaban J connectivity index is 1.36. The highest BCUT2D eigenvalue weighted by Gasteiger charge is 2.44. The van der Waals surface area contributed by atoms with Crippen molar-refractivity contribution >= 4 is 23.4 Å². The van der Waals surface area contributed by atoms with Crippen LogP contribution in [-0.4, -0.2) is 37.8 Å². The Morgan fingerprint density at radius 3 is 2.67 bits per heavy atom. The zero-order valence-electron chi connectivity index (χ0n) is 17.9. The summed E-state index contributed by atoms with van der Waals surface area (Å²) in [5.41, 5.74) is 4.80. The molecule has 1 fully saturated rings. The lowest BCUT2D eigenvalue weighted by atomic mass is 9.96. The molecule has 1 N–H and O–H groups in total. The van der Waals surface area contributed by atoms with Gasteiger partial charge in [0.25, 0.3) is 5.78 Å². The molecule has 3 aromatic rings. The van der Waals surface area contributed by atoms with E-state index < -0.39 is 0 Å². The van der Waals surface area contributed by atoms with Gasteiger partial charge in [0.15, 0.2) is 0 Å². The van der Waals surface area contributed by atoms with Gasteiger partial charge in [0.2, 0.25) is 11.1 Å². The molecule has 0 aliphatic heterocycles. The molecule has 0 atom stereocenters. The van der Waals surface area contributed by atoms with Crippen molar-refractivity contribution in [2.45, 2.75) is 63.4 Å². The summed E-state index contributed by atoms with van der Waals surface area (Å²) in [7, 11) is 0. The van der Waals surface area contributed by atoms with E-state index in [4.69, 9.17) is 0 Å². The highest BCUT2D eigenvalue weighted by Crippen LogP contribution is 2.47. The fraction of sp³-hybridized carbons (Fsp3) is 0.478. The highest BCUT2D eigenvalue weighted by molar-refractivity contribution is 7.99. The molecule has 1 amide bonds. The average molecular weight is 424 g/mol. The summed E-state index contributed by atoms with van der Waals surface area (Å²) in [5, 5.41) is 8.29. The number of hydrogen-bond acceptors (Lipinski definition) is 5. The molecule has 1 saturated carbocycles. The molecule has 0 spiro atoms. The smallest absolute Gasteiger partial charge is 0.253 e. The predicted molar refractivity (Wildman–Crippen MR) is 120 cm³/mol. The van der Waals surface area contributed by atoms with Crippen LogP contribution in [0.1, 0.15) is 55.1 Å². The zero-order valence-corrected chi connectivity index (χ0v) is 18.8. The summed E-state index contributed by atoms with van der Waals surface area (Å²) in [6, 6.07) is 10.5. The summed E-state index contributed by atoms with van der Waals surface area (Å²) in [6.07, 6.45) is 5.54. The summed E-state index contributed by atoms with van der Waals surface area (Å²) >= 11 is 1.36. The zero-order chi connectivity index (χ0) is 21.1. The molecule has 1 aliphatic rings. The van der Waals surface area contributed by atoms with E-state index >= 15 is 0 Å². The van der Waals surface area contributed by atoms with Crippen LogP contribution in [0.4, 0.5) is 0 Å². The number of carbonyl (C=O) groups is 1. The molecule has 6 nitrogen and oxygen atoms in total. The van der Waals surface area contributed by atoms with E-state index in [0.717, 1.165) is 43.5 Å². The second-order valence-electron chi connectivity index (χ2n) is 8.18. The van der Waals surface area contributed by atoms with E-state index in [2.05, 4.69) is 58.5 Å². The van der Waals surface area contributed by atoms with Crippen molar-refractivity contribution in [2.75, 3.05) is 12.3 Å². The quantitative estimate of drug-likeness (QED) is 0.526. The van der Waals surface area contributed by atoms with Crippen LogP contribution in [0.5, 0.6) is 0 Å². The SMILES string of the molecule is CCCCc1c(C)nc2nc(SCC(=O)NCC3(c4ccccc4)CC3)nn2c1C. The number of fused-ring (bicyclic) bond motifs is 1. The molecule has 2 heterocycles. The average Bonchev–Trinajstić information content (AvgIpc) is 3.44. The monoisotopic (exact) mass is 423 g/mol. The maximum absolute atomic E-state index is 12.4. The second kappa shape index (κ2) is 8.76. The van der Waals surface area contributed by atoms with Gasteiger partial charge in [-0.25, -0.2) is 9.50 Å². The number of nitrogens with one attached hydrogen (secondary N) is 1. The Labute approximate surface area is 181 Å². The number of carbonyl (C=O) groups excluding carboxylic acids is 1. The Hall–Kier alpha value is -2.41. The number of benzene rings is 1. The number of aromatic nitrogens is 4. The van der Waals surface area contributed by atoms with Crippen LogP contribution in [0.15, 0.2) is 35.5 Å². The molecule has 0 saturated heterocycles. The number of thioether (sulfide) groups is 1. The molecule has 2 aromatic heterocycles. The number of amides is 1. The molecule has 0 radical (unpaired) electrons. The summed E-state index contributed by atoms with van der Waals surface area (Å²) in [4.78, 5) is 21.6. The van der Waals surface area contributed by atoms with E-state index in [1.165, 1.54) is 22.9 Å². The number of rotatable bonds is 9. The third-order valence-corrected chi connectivity index (χ3v) is 6.84. The van der Waals surface area contributed by atoms with Gasteiger partial charge >= 0.3 is 0 Å². The van der Waals surface area contributed by atoms with Crippen molar-refractivity contribution in [1.82, 2.24) is 24.9 Å². The van der Waals surface area contributed by atoms with E-state index in [1.54, 1.807) is 0 Å². The van der Waals surface area contributed by atoms with Gasteiger partial charge in [0.05, 0.1) is 5.75 Å². The van der Waals surface area contributed by atoms with Crippen LogP contribution in [0.2, 0.25) is 0 Å². The fourth-order valence-electron chi connectivity index (χ4n) is 3.93. The summed E-state index contributed by atoms with van der Waals surface area (Å²) in [5.74, 6) is 0.933. The Bertz CT molecular complexity index is 1040. The lowest BCUT2D eigenvalue weighted by molar-refractivity contribution is -0.118. The summed E-state index contributed by atoms with van der Waals surface area (Å²) < 4.78 is 1.81. The lowest BCUT2D eigenvalue weighted by Crippen LogP contribution is -2.33. The van der Waals surface area contributed by atoms with E-state index in [0.29, 0.717) is 23.2 Å². The van der Waals surface area contributed by atoms with Crippen molar-refractivity contribution in [3.8, 4) is 0 Å². The first-order chi connectivity index (χ1) is 14.5. The maximum atomic E-state index is 12.4. The number of aryl methyl sites for hydroxylation is 2. The van der Waals surface area contributed by atoms with Gasteiger partial charge in [-0.1, -0.05) is 55.4 Å². The van der Waals surface area contributed by atoms with Crippen molar-refractivity contribution in [2.24, 2.45) is 0 Å². The standard InChI is InChI=1S/C23H29N5OS/c1-4-5-11-19-16(2)25-21-26-22(27-28(21)17(19)3)30-14-20(29)24-15-23(12-13-23)18-9-7-6-8-10-18/h6-10H,4-5,11-15H2,1-3H3,(H,24,29). The van der Waals surface area contributed by atoms with Gasteiger partial charge in [-0.05, 0) is 50.7 Å². The van der Waals surface area contributed by atoms with E-state index in [-0.39, 0.29) is 11.3 Å². The summed E-state index contributed by atoms with van der Waals surface area (Å²) in [6.45, 7) is 6.99. The first kappa shape index (κ1) is 20.8. The normalized spacial score (nSPS) is 14.8. The van der Waals surface area contributed by atoms with Crippen molar-refractivity contribution in [3.05, 3.63) is 52.8 Å². The number of hydrogen-bond donors (Lipinski definition) is 1. The molecule has 30 heavy (non-hydrogen) atoms. The minimum atomic E-state index is 0.0190. The topological polar surface area (TPSA) is 72.2 Å². The van der Waals surface area contributed by atoms with Crippen molar-refractivity contribution in [3.63, 3.8) is 0 Å². The maximum Gasteiger partial charge on any atom is 0.253 e. The molecule has 0 unspecified atom stereocenters. The van der Waals surface area contributed by atoms with Gasteiger partial charge in [0.1, 0.15) is 0 Å². The van der Waals surface area contributed by atoms with Gasteiger partial charge in [0, 0.05) is 23.3 Å². The van der Waals surface area contributed by atoms with Gasteiger partial charge in [-0.3, -0.25) is 4.79 Å². The molecule has 158 valence electrons. The molecule has 4 rings (SSSR count). The van der Waals surface area contributed by atoms with Crippen molar-refractivity contribution < 1.29 is 4.79 Å². The molecule has 1 aromatic carbocycles. The molecular weight excluding hydrogens is 394 g/mol. The highest BCUT2D eigenvalue weighted by atomic mass is 32.2. The molecule has 0 bridgehead atoms. The third-order valence-electron chi connectivity index (χ3n) is 6.01. The largest absolute Gasteiger partial charge is 0.354 e. The second-order valence-corrected chi connectivity index (χ2v) is 9.13. The Kier molecular flexibility index (Phi) is 6.09. The van der Waals surface area contributed by atoms with Crippen LogP contribution >= 0.6 is 11.8 Å². The first-order valence-corrected chi connectivity index (χ1v) is 11.7. The molecule has 7 heteroatoms. The first-order valence-electron chi connectivity index (χ1n) is 10.7. The van der Waals surface area contributed by atoms with Gasteiger partial charge in [-0.15, -0.1) is 5.10 Å². The van der Waals surface area contributed by atoms with Gasteiger partial charge < -0.3 is 5.32 Å². The van der Waals surface area contributed by atoms with Crippen LogP contribution in [0, 0.1) is 13.8 Å². The minimum Gasteiger partial charge on any atom is -0.354 e. The van der Waals surface area contributed by atoms with Crippen LogP contribution < -0.4 is 5.32 Å². The number of unbranched alkanes of at least 4 members (excludes halogenated alkanes) is 1.